The van der Waals surface area contributed by atoms with E-state index in [9.17, 15) is 0 Å². The highest BCUT2D eigenvalue weighted by Crippen LogP contribution is 2.37. The Balaban J connectivity index is 2.38. The first kappa shape index (κ1) is 13.3. The van der Waals surface area contributed by atoms with Gasteiger partial charge in [0, 0.05) is 5.56 Å². The lowest BCUT2D eigenvalue weighted by molar-refractivity contribution is 0.415. The number of hydrogen-bond donors (Lipinski definition) is 0. The van der Waals surface area contributed by atoms with Crippen molar-refractivity contribution in [3.63, 3.8) is 0 Å². The van der Waals surface area contributed by atoms with Crippen LogP contribution in [0.3, 0.4) is 0 Å². The summed E-state index contributed by atoms with van der Waals surface area (Å²) in [6.45, 7) is 0. The standard InChI is InChI=1S/C11H8Cl3N3O/c1-18-8-4-2-7(3-5-8)9-6-10(11(12,13)14)16-17-15-9/h2-6H,1H3. The highest BCUT2D eigenvalue weighted by atomic mass is 35.6. The minimum Gasteiger partial charge on any atom is -0.497 e. The van der Waals surface area contributed by atoms with Gasteiger partial charge in [-0.05, 0) is 35.5 Å². The highest BCUT2D eigenvalue weighted by Gasteiger charge is 2.26. The predicted molar refractivity (Wildman–Crippen MR) is 71.1 cm³/mol. The van der Waals surface area contributed by atoms with E-state index in [2.05, 4.69) is 15.4 Å². The van der Waals surface area contributed by atoms with Gasteiger partial charge in [0.1, 0.15) is 11.4 Å². The maximum Gasteiger partial charge on any atom is 0.234 e. The van der Waals surface area contributed by atoms with Gasteiger partial charge in [-0.2, -0.15) is 0 Å². The number of alkyl halides is 3. The molecule has 0 N–H and O–H groups in total. The third-order valence-electron chi connectivity index (χ3n) is 2.25. The van der Waals surface area contributed by atoms with Crippen LogP contribution < -0.4 is 4.74 Å². The van der Waals surface area contributed by atoms with E-state index in [1.54, 1.807) is 13.2 Å². The van der Waals surface area contributed by atoms with Crippen LogP contribution in [0, 0.1) is 0 Å². The number of halogens is 3. The van der Waals surface area contributed by atoms with Gasteiger partial charge in [0.05, 0.1) is 12.8 Å². The van der Waals surface area contributed by atoms with Crippen LogP contribution in [0.15, 0.2) is 30.3 Å². The van der Waals surface area contributed by atoms with Crippen molar-refractivity contribution in [2.75, 3.05) is 7.11 Å². The first-order chi connectivity index (χ1) is 8.50. The summed E-state index contributed by atoms with van der Waals surface area (Å²) in [5, 5.41) is 11.2. The van der Waals surface area contributed by atoms with Crippen molar-refractivity contribution in [2.45, 2.75) is 3.79 Å². The molecule has 4 nitrogen and oxygen atoms in total. The van der Waals surface area contributed by atoms with Crippen LogP contribution in [0.5, 0.6) is 5.75 Å². The number of hydrogen-bond acceptors (Lipinski definition) is 4. The van der Waals surface area contributed by atoms with E-state index >= 15 is 0 Å². The van der Waals surface area contributed by atoms with E-state index in [1.807, 2.05) is 24.3 Å². The summed E-state index contributed by atoms with van der Waals surface area (Å²) in [5.41, 5.74) is 1.64. The van der Waals surface area contributed by atoms with Crippen molar-refractivity contribution < 1.29 is 4.74 Å². The molecule has 0 fully saturated rings. The largest absolute Gasteiger partial charge is 0.497 e. The first-order valence-corrected chi connectivity index (χ1v) is 6.06. The van der Waals surface area contributed by atoms with Crippen LogP contribution in [-0.4, -0.2) is 22.5 Å². The van der Waals surface area contributed by atoms with E-state index in [1.165, 1.54) is 0 Å². The van der Waals surface area contributed by atoms with Crippen LogP contribution in [0.2, 0.25) is 0 Å². The normalized spacial score (nSPS) is 11.3. The highest BCUT2D eigenvalue weighted by molar-refractivity contribution is 6.66. The van der Waals surface area contributed by atoms with Crippen molar-refractivity contribution >= 4 is 34.8 Å². The summed E-state index contributed by atoms with van der Waals surface area (Å²) in [4.78, 5) is 0. The summed E-state index contributed by atoms with van der Waals surface area (Å²) < 4.78 is 3.46. The van der Waals surface area contributed by atoms with Gasteiger partial charge in [-0.3, -0.25) is 0 Å². The second-order valence-corrected chi connectivity index (χ2v) is 5.71. The number of ether oxygens (including phenoxy) is 1. The monoisotopic (exact) mass is 303 g/mol. The minimum atomic E-state index is -1.61. The van der Waals surface area contributed by atoms with E-state index in [0.29, 0.717) is 5.69 Å². The first-order valence-electron chi connectivity index (χ1n) is 4.93. The molecule has 0 saturated heterocycles. The fourth-order valence-corrected chi connectivity index (χ4v) is 1.62. The number of methoxy groups -OCH3 is 1. The Labute approximate surface area is 119 Å². The zero-order chi connectivity index (χ0) is 13.2. The van der Waals surface area contributed by atoms with Crippen molar-refractivity contribution in [3.8, 4) is 17.0 Å². The Hall–Kier alpha value is -1.10. The fraction of sp³-hybridized carbons (Fsp3) is 0.182. The van der Waals surface area contributed by atoms with Gasteiger partial charge in [-0.1, -0.05) is 34.8 Å². The van der Waals surface area contributed by atoms with E-state index in [0.717, 1.165) is 11.3 Å². The summed E-state index contributed by atoms with van der Waals surface area (Å²) in [6.07, 6.45) is 0. The molecule has 0 atom stereocenters. The molecule has 0 aliphatic heterocycles. The van der Waals surface area contributed by atoms with Crippen molar-refractivity contribution in [3.05, 3.63) is 36.0 Å². The molecule has 2 aromatic rings. The average molecular weight is 305 g/mol. The predicted octanol–water partition coefficient (Wildman–Crippen LogP) is 3.37. The molecular formula is C11H8Cl3N3O. The molecule has 1 aromatic heterocycles. The zero-order valence-corrected chi connectivity index (χ0v) is 11.5. The van der Waals surface area contributed by atoms with Gasteiger partial charge in [0.2, 0.25) is 3.79 Å². The van der Waals surface area contributed by atoms with Gasteiger partial charge in [-0.15, -0.1) is 10.2 Å². The van der Waals surface area contributed by atoms with E-state index < -0.39 is 3.79 Å². The Morgan fingerprint density at radius 1 is 1.06 bits per heavy atom. The molecule has 0 spiro atoms. The Bertz CT molecular complexity index is 540. The Morgan fingerprint density at radius 2 is 1.72 bits per heavy atom. The zero-order valence-electron chi connectivity index (χ0n) is 9.27. The van der Waals surface area contributed by atoms with Gasteiger partial charge in [0.15, 0.2) is 0 Å². The Kier molecular flexibility index (Phi) is 3.90. The van der Waals surface area contributed by atoms with Gasteiger partial charge >= 0.3 is 0 Å². The number of nitrogens with zero attached hydrogens (tertiary/aromatic N) is 3. The smallest absolute Gasteiger partial charge is 0.234 e. The lowest BCUT2D eigenvalue weighted by Crippen LogP contribution is -2.06. The molecule has 1 heterocycles. The Morgan fingerprint density at radius 3 is 2.28 bits per heavy atom. The van der Waals surface area contributed by atoms with Crippen LogP contribution in [0.1, 0.15) is 5.69 Å². The number of benzene rings is 1. The molecule has 0 amide bonds. The second-order valence-electron chi connectivity index (χ2n) is 3.43. The quantitative estimate of drug-likeness (QED) is 0.798. The lowest BCUT2D eigenvalue weighted by atomic mass is 10.1. The SMILES string of the molecule is COc1ccc(-c2cc(C(Cl)(Cl)Cl)nnn2)cc1. The van der Waals surface area contributed by atoms with Crippen LogP contribution in [0.25, 0.3) is 11.3 Å². The van der Waals surface area contributed by atoms with Gasteiger partial charge < -0.3 is 4.74 Å². The molecule has 1 aromatic carbocycles. The van der Waals surface area contributed by atoms with Gasteiger partial charge in [0.25, 0.3) is 0 Å². The number of rotatable bonds is 2. The van der Waals surface area contributed by atoms with Crippen LogP contribution >= 0.6 is 34.8 Å². The van der Waals surface area contributed by atoms with Gasteiger partial charge in [-0.25, -0.2) is 0 Å². The summed E-state index contributed by atoms with van der Waals surface area (Å²) in [5.74, 6) is 0.752. The molecule has 0 saturated carbocycles. The molecule has 0 unspecified atom stereocenters. The fourth-order valence-electron chi connectivity index (χ4n) is 1.35. The number of aromatic nitrogens is 3. The molecule has 0 radical (unpaired) electrons. The maximum absolute atomic E-state index is 5.75. The second kappa shape index (κ2) is 5.26. The molecule has 94 valence electrons. The van der Waals surface area contributed by atoms with E-state index in [-0.39, 0.29) is 5.69 Å². The topological polar surface area (TPSA) is 47.9 Å². The minimum absolute atomic E-state index is 0.230. The van der Waals surface area contributed by atoms with Crippen molar-refractivity contribution in [1.82, 2.24) is 15.4 Å². The molecule has 0 aliphatic carbocycles. The summed E-state index contributed by atoms with van der Waals surface area (Å²) in [7, 11) is 1.60. The summed E-state index contributed by atoms with van der Waals surface area (Å²) in [6, 6.07) is 8.89. The summed E-state index contributed by atoms with van der Waals surface area (Å²) >= 11 is 17.2. The molecule has 2 rings (SSSR count). The molecule has 0 bridgehead atoms. The lowest BCUT2D eigenvalue weighted by Gasteiger charge is -2.09. The third-order valence-corrected chi connectivity index (χ3v) is 2.84. The molecule has 18 heavy (non-hydrogen) atoms. The van der Waals surface area contributed by atoms with E-state index in [4.69, 9.17) is 39.5 Å². The van der Waals surface area contributed by atoms with Crippen molar-refractivity contribution in [2.24, 2.45) is 0 Å². The van der Waals surface area contributed by atoms with Crippen molar-refractivity contribution in [1.29, 1.82) is 0 Å². The maximum atomic E-state index is 5.75. The van der Waals surface area contributed by atoms with Crippen LogP contribution in [0.4, 0.5) is 0 Å². The van der Waals surface area contributed by atoms with Crippen LogP contribution in [-0.2, 0) is 3.79 Å². The molecule has 7 heteroatoms. The molecular weight excluding hydrogens is 297 g/mol. The molecule has 0 aliphatic rings. The third kappa shape index (κ3) is 3.02. The average Bonchev–Trinajstić information content (AvgIpc) is 2.38.